The fourth-order valence-electron chi connectivity index (χ4n) is 2.16. The summed E-state index contributed by atoms with van der Waals surface area (Å²) in [6.07, 6.45) is -20.2. The number of hydrogen-bond donors (Lipinski definition) is 1. The molecule has 2 rings (SSSR count). The Bertz CT molecular complexity index is 1070. The molecule has 2 aromatic rings. The number of carbonyl (C=O) groups excluding carboxylic acids is 1. The number of halogens is 12. The van der Waals surface area contributed by atoms with E-state index in [0.717, 1.165) is 0 Å². The fraction of sp³-hybridized carbons (Fsp3) is 0.300. The molecule has 0 atom stereocenters. The quantitative estimate of drug-likeness (QED) is 0.164. The maximum absolute atomic E-state index is 12.8. The summed E-state index contributed by atoms with van der Waals surface area (Å²) in [5, 5.41) is 7.93. The van der Waals surface area contributed by atoms with Gasteiger partial charge in [-0.1, -0.05) is 6.07 Å². The van der Waals surface area contributed by atoms with Crippen LogP contribution in [0.4, 0.5) is 58.4 Å². The van der Waals surface area contributed by atoms with Crippen molar-refractivity contribution in [3.63, 3.8) is 0 Å². The first-order valence-electron chi connectivity index (χ1n) is 8.98. The normalized spacial score (nSPS) is 12.8. The van der Waals surface area contributed by atoms with Crippen molar-refractivity contribution < 1.29 is 83.7 Å². The van der Waals surface area contributed by atoms with Crippen molar-refractivity contribution in [1.29, 1.82) is 0 Å². The van der Waals surface area contributed by atoms with Crippen molar-refractivity contribution >= 4 is 11.5 Å². The Hall–Kier alpha value is -2.77. The van der Waals surface area contributed by atoms with Crippen LogP contribution in [0.1, 0.15) is 11.1 Å². The zero-order valence-corrected chi connectivity index (χ0v) is 20.3. The van der Waals surface area contributed by atoms with Crippen molar-refractivity contribution in [3.8, 4) is 11.3 Å². The smallest absolute Gasteiger partial charge is 0.454 e. The van der Waals surface area contributed by atoms with E-state index >= 15 is 0 Å². The summed E-state index contributed by atoms with van der Waals surface area (Å²) in [5.41, 5.74) is -2.67. The van der Waals surface area contributed by atoms with Gasteiger partial charge in [0.15, 0.2) is 0 Å². The van der Waals surface area contributed by atoms with E-state index in [1.165, 1.54) is 12.3 Å². The second-order valence-electron chi connectivity index (χ2n) is 6.87. The average molecular weight is 736 g/mol. The third-order valence-corrected chi connectivity index (χ3v) is 3.88. The molecule has 1 N–H and O–H groups in total. The van der Waals surface area contributed by atoms with Gasteiger partial charge in [0, 0.05) is 53.1 Å². The van der Waals surface area contributed by atoms with Crippen LogP contribution in [0.25, 0.3) is 11.3 Å². The van der Waals surface area contributed by atoms with Crippen LogP contribution in [0.2, 0.25) is 0 Å². The SMILES string of the molecule is CN(C)c1ccnc(-c2[c-]c(C(F)(F)F)cc(C(F)(F)F)c2)c1.O=C(/C=C(\O)C(F)(F)F)C(F)(F)F.[Pt]. The minimum atomic E-state index is -5.42. The number of aliphatic hydroxyl groups is 1. The summed E-state index contributed by atoms with van der Waals surface area (Å²) in [6.45, 7) is 0. The Morgan fingerprint density at radius 2 is 1.43 bits per heavy atom. The summed E-state index contributed by atoms with van der Waals surface area (Å²) in [6, 6.07) is 5.60. The molecule has 4 nitrogen and oxygen atoms in total. The predicted octanol–water partition coefficient (Wildman–Crippen LogP) is 6.77. The molecule has 0 bridgehead atoms. The molecule has 0 radical (unpaired) electrons. The van der Waals surface area contributed by atoms with Gasteiger partial charge in [-0.3, -0.25) is 4.79 Å². The molecule has 0 saturated carbocycles. The Labute approximate surface area is 214 Å². The third kappa shape index (κ3) is 10.6. The van der Waals surface area contributed by atoms with Crippen LogP contribution in [0.5, 0.6) is 0 Å². The molecule has 0 spiro atoms. The van der Waals surface area contributed by atoms with Crippen molar-refractivity contribution in [2.24, 2.45) is 0 Å². The molecule has 17 heteroatoms. The molecule has 1 aromatic carbocycles. The number of rotatable bonds is 3. The Morgan fingerprint density at radius 3 is 1.84 bits per heavy atom. The van der Waals surface area contributed by atoms with Crippen molar-refractivity contribution in [3.05, 3.63) is 59.5 Å². The molecular weight excluding hydrogens is 723 g/mol. The maximum atomic E-state index is 12.8. The number of alkyl halides is 12. The molecule has 0 aliphatic carbocycles. The van der Waals surface area contributed by atoms with E-state index < -0.39 is 53.5 Å². The molecule has 0 saturated heterocycles. The minimum absolute atomic E-state index is 0. The number of pyridine rings is 1. The number of benzene rings is 1. The number of aromatic nitrogens is 1. The minimum Gasteiger partial charge on any atom is -0.504 e. The van der Waals surface area contributed by atoms with Gasteiger partial charge >= 0.3 is 24.7 Å². The van der Waals surface area contributed by atoms with E-state index in [1.54, 1.807) is 25.1 Å². The Balaban J connectivity index is 0.000000797. The van der Waals surface area contributed by atoms with Crippen LogP contribution >= 0.6 is 0 Å². The second kappa shape index (κ2) is 12.2. The Kier molecular flexibility index (Phi) is 11.3. The molecule has 1 heterocycles. The first-order valence-corrected chi connectivity index (χ1v) is 8.98. The van der Waals surface area contributed by atoms with Crippen molar-refractivity contribution in [2.45, 2.75) is 24.7 Å². The Morgan fingerprint density at radius 1 is 0.892 bits per heavy atom. The fourth-order valence-corrected chi connectivity index (χ4v) is 2.16. The number of anilines is 1. The van der Waals surface area contributed by atoms with Crippen LogP contribution in [-0.2, 0) is 38.2 Å². The zero-order chi connectivity index (χ0) is 28.3. The van der Waals surface area contributed by atoms with E-state index in [0.29, 0.717) is 11.8 Å². The maximum Gasteiger partial charge on any atom is 0.454 e. The zero-order valence-electron chi connectivity index (χ0n) is 18.1. The molecule has 1 aromatic heterocycles. The van der Waals surface area contributed by atoms with Crippen LogP contribution in [-0.4, -0.2) is 42.3 Å². The molecular formula is C20H13F12N2O2Pt-. The summed E-state index contributed by atoms with van der Waals surface area (Å²) >= 11 is 0. The molecule has 210 valence electrons. The average Bonchev–Trinajstić information content (AvgIpc) is 2.71. The van der Waals surface area contributed by atoms with Crippen LogP contribution in [0, 0.1) is 6.07 Å². The molecule has 37 heavy (non-hydrogen) atoms. The van der Waals surface area contributed by atoms with Gasteiger partial charge in [0.1, 0.15) is 0 Å². The first-order chi connectivity index (χ1) is 16.0. The number of aliphatic hydroxyl groups excluding tert-OH is 1. The van der Waals surface area contributed by atoms with Gasteiger partial charge in [-0.15, -0.1) is 23.8 Å². The van der Waals surface area contributed by atoms with E-state index in [4.69, 9.17) is 5.11 Å². The summed E-state index contributed by atoms with van der Waals surface area (Å²) in [5.74, 6) is -5.34. The number of hydrogen-bond acceptors (Lipinski definition) is 4. The van der Waals surface area contributed by atoms with Crippen molar-refractivity contribution in [2.75, 3.05) is 19.0 Å². The van der Waals surface area contributed by atoms with E-state index in [-0.39, 0.29) is 38.4 Å². The summed E-state index contributed by atoms with van der Waals surface area (Å²) < 4.78 is 145. The molecule has 0 amide bonds. The number of ketones is 1. The second-order valence-corrected chi connectivity index (χ2v) is 6.87. The van der Waals surface area contributed by atoms with Gasteiger partial charge in [0.25, 0.3) is 5.78 Å². The predicted molar refractivity (Wildman–Crippen MR) is 101 cm³/mol. The van der Waals surface area contributed by atoms with Crippen LogP contribution < -0.4 is 4.90 Å². The van der Waals surface area contributed by atoms with Gasteiger partial charge in [-0.25, -0.2) is 0 Å². The van der Waals surface area contributed by atoms with E-state index in [2.05, 4.69) is 4.98 Å². The van der Waals surface area contributed by atoms with Gasteiger partial charge in [-0.2, -0.15) is 52.7 Å². The van der Waals surface area contributed by atoms with Gasteiger partial charge in [-0.05, 0) is 22.9 Å². The number of carbonyl (C=O) groups is 1. The summed E-state index contributed by atoms with van der Waals surface area (Å²) in [4.78, 5) is 15.4. The van der Waals surface area contributed by atoms with Crippen LogP contribution in [0.15, 0.2) is 42.3 Å². The summed E-state index contributed by atoms with van der Waals surface area (Å²) in [7, 11) is 3.38. The number of allylic oxidation sites excluding steroid dienone is 2. The molecule has 0 aliphatic rings. The first kappa shape index (κ1) is 34.2. The van der Waals surface area contributed by atoms with Crippen LogP contribution in [0.3, 0.4) is 0 Å². The topological polar surface area (TPSA) is 53.4 Å². The van der Waals surface area contributed by atoms with Gasteiger partial charge < -0.3 is 15.0 Å². The third-order valence-electron chi connectivity index (χ3n) is 3.88. The standard InChI is InChI=1S/C15H11F6N2.C5H2F6O2.Pt/c1-23(2)12-3-4-22-13(8-12)9-5-10(14(16,17)18)7-11(6-9)15(19,20)21;6-4(7,8)2(12)1-3(13)5(9,10)11;/h3-5,7-8H,1-2H3;1,12H;/q-1;;/b;2-1-;. The largest absolute Gasteiger partial charge is 0.504 e. The van der Waals surface area contributed by atoms with E-state index in [9.17, 15) is 57.5 Å². The molecule has 0 fully saturated rings. The van der Waals surface area contributed by atoms with Gasteiger partial charge in [0.05, 0.1) is 0 Å². The molecule has 0 aliphatic heterocycles. The van der Waals surface area contributed by atoms with E-state index in [1.807, 2.05) is 6.07 Å². The molecule has 0 unspecified atom stereocenters. The number of nitrogens with zero attached hydrogens (tertiary/aromatic N) is 2. The van der Waals surface area contributed by atoms with Crippen molar-refractivity contribution in [1.82, 2.24) is 4.98 Å². The van der Waals surface area contributed by atoms with Gasteiger partial charge in [0.2, 0.25) is 5.76 Å². The monoisotopic (exact) mass is 736 g/mol.